The predicted octanol–water partition coefficient (Wildman–Crippen LogP) is 4.45. The number of anilines is 1. The molecular weight excluding hydrogens is 361 g/mol. The summed E-state index contributed by atoms with van der Waals surface area (Å²) in [6.07, 6.45) is 5.59. The average molecular weight is 379 g/mol. The van der Waals surface area contributed by atoms with Crippen LogP contribution in [0.1, 0.15) is 37.7 Å². The first-order valence-corrected chi connectivity index (χ1v) is 8.23. The topological polar surface area (TPSA) is 37.8 Å². The summed E-state index contributed by atoms with van der Waals surface area (Å²) in [6.45, 7) is 3.10. The molecule has 2 aromatic rings. The van der Waals surface area contributed by atoms with Crippen LogP contribution in [0.4, 0.5) is 5.82 Å². The van der Waals surface area contributed by atoms with Gasteiger partial charge in [0.1, 0.15) is 5.82 Å². The van der Waals surface area contributed by atoms with E-state index < -0.39 is 0 Å². The third-order valence-electron chi connectivity index (χ3n) is 3.51. The molecule has 0 unspecified atom stereocenters. The summed E-state index contributed by atoms with van der Waals surface area (Å²) in [5.74, 6) is 2.50. The van der Waals surface area contributed by atoms with Crippen molar-refractivity contribution >= 4 is 28.4 Å². The molecular formula is C16H18IN3. The third-order valence-corrected chi connectivity index (χ3v) is 4.29. The summed E-state index contributed by atoms with van der Waals surface area (Å²) in [5, 5.41) is 3.38. The molecule has 104 valence electrons. The highest BCUT2D eigenvalue weighted by Gasteiger charge is 2.26. The zero-order valence-corrected chi connectivity index (χ0v) is 13.7. The Bertz CT molecular complexity index is 608. The minimum atomic E-state index is 0.709. The maximum absolute atomic E-state index is 4.72. The molecule has 1 aliphatic carbocycles. The van der Waals surface area contributed by atoms with E-state index in [9.17, 15) is 0 Å². The molecule has 0 aliphatic heterocycles. The van der Waals surface area contributed by atoms with Crippen LogP contribution in [0.5, 0.6) is 0 Å². The van der Waals surface area contributed by atoms with E-state index >= 15 is 0 Å². The van der Waals surface area contributed by atoms with Crippen LogP contribution in [0.3, 0.4) is 0 Å². The summed E-state index contributed by atoms with van der Waals surface area (Å²) < 4.78 is 1.07. The van der Waals surface area contributed by atoms with Gasteiger partial charge in [-0.2, -0.15) is 0 Å². The van der Waals surface area contributed by atoms with E-state index in [0.717, 1.165) is 28.2 Å². The average Bonchev–Trinajstić information content (AvgIpc) is 3.31. The van der Waals surface area contributed by atoms with E-state index in [1.54, 1.807) is 0 Å². The molecule has 1 aromatic heterocycles. The van der Waals surface area contributed by atoms with Gasteiger partial charge >= 0.3 is 0 Å². The number of nitrogens with one attached hydrogen (secondary N) is 1. The van der Waals surface area contributed by atoms with Crippen LogP contribution < -0.4 is 5.32 Å². The number of hydrogen-bond acceptors (Lipinski definition) is 3. The van der Waals surface area contributed by atoms with Crippen LogP contribution in [-0.2, 0) is 0 Å². The van der Waals surface area contributed by atoms with Gasteiger partial charge in [-0.05, 0) is 53.3 Å². The Labute approximate surface area is 133 Å². The van der Waals surface area contributed by atoms with Crippen LogP contribution in [0.25, 0.3) is 11.4 Å². The normalized spacial score (nSPS) is 14.3. The lowest BCUT2D eigenvalue weighted by atomic mass is 10.0. The van der Waals surface area contributed by atoms with Gasteiger partial charge in [0.15, 0.2) is 5.82 Å². The van der Waals surface area contributed by atoms with Crippen LogP contribution in [0, 0.1) is 3.57 Å². The second kappa shape index (κ2) is 6.08. The molecule has 1 N–H and O–H groups in total. The zero-order valence-electron chi connectivity index (χ0n) is 11.6. The van der Waals surface area contributed by atoms with Crippen molar-refractivity contribution < 1.29 is 0 Å². The van der Waals surface area contributed by atoms with E-state index in [0.29, 0.717) is 5.92 Å². The standard InChI is InChI=1S/C16H18IN3/c1-2-9-18-16-14(17)10-19-15(20-16)13-6-4-3-5-12(13)11-7-8-11/h3-6,10-11H,2,7-9H2,1H3,(H,18,19,20). The van der Waals surface area contributed by atoms with Crippen molar-refractivity contribution in [2.45, 2.75) is 32.1 Å². The maximum atomic E-state index is 4.72. The summed E-state index contributed by atoms with van der Waals surface area (Å²) >= 11 is 2.28. The molecule has 1 aliphatic rings. The molecule has 1 fully saturated rings. The van der Waals surface area contributed by atoms with Crippen molar-refractivity contribution in [1.82, 2.24) is 9.97 Å². The Morgan fingerprint density at radius 2 is 2.10 bits per heavy atom. The first-order valence-electron chi connectivity index (χ1n) is 7.15. The van der Waals surface area contributed by atoms with Gasteiger partial charge in [0.05, 0.1) is 3.57 Å². The number of halogens is 1. The van der Waals surface area contributed by atoms with Gasteiger partial charge in [-0.3, -0.25) is 0 Å². The van der Waals surface area contributed by atoms with Crippen LogP contribution in [-0.4, -0.2) is 16.5 Å². The zero-order chi connectivity index (χ0) is 13.9. The van der Waals surface area contributed by atoms with Gasteiger partial charge in [0.2, 0.25) is 0 Å². The molecule has 1 saturated carbocycles. The fraction of sp³-hybridized carbons (Fsp3) is 0.375. The number of aromatic nitrogens is 2. The first kappa shape index (κ1) is 13.8. The van der Waals surface area contributed by atoms with E-state index in [-0.39, 0.29) is 0 Å². The van der Waals surface area contributed by atoms with E-state index in [2.05, 4.69) is 64.1 Å². The van der Waals surface area contributed by atoms with Crippen LogP contribution >= 0.6 is 22.6 Å². The lowest BCUT2D eigenvalue weighted by Crippen LogP contribution is -2.06. The molecule has 0 amide bonds. The Kier molecular flexibility index (Phi) is 4.19. The predicted molar refractivity (Wildman–Crippen MR) is 90.9 cm³/mol. The van der Waals surface area contributed by atoms with Gasteiger partial charge in [-0.25, -0.2) is 9.97 Å². The quantitative estimate of drug-likeness (QED) is 0.781. The Morgan fingerprint density at radius 1 is 1.30 bits per heavy atom. The highest BCUT2D eigenvalue weighted by atomic mass is 127. The number of nitrogens with zero attached hydrogens (tertiary/aromatic N) is 2. The van der Waals surface area contributed by atoms with E-state index in [1.165, 1.54) is 24.0 Å². The summed E-state index contributed by atoms with van der Waals surface area (Å²) in [6, 6.07) is 8.54. The molecule has 3 rings (SSSR count). The Hall–Kier alpha value is -1.17. The van der Waals surface area contributed by atoms with Gasteiger partial charge in [0.25, 0.3) is 0 Å². The number of benzene rings is 1. The third kappa shape index (κ3) is 2.95. The Morgan fingerprint density at radius 3 is 2.85 bits per heavy atom. The van der Waals surface area contributed by atoms with Crippen molar-refractivity contribution in [3.8, 4) is 11.4 Å². The molecule has 4 heteroatoms. The van der Waals surface area contributed by atoms with Crippen molar-refractivity contribution in [2.75, 3.05) is 11.9 Å². The summed E-state index contributed by atoms with van der Waals surface area (Å²) in [7, 11) is 0. The largest absolute Gasteiger partial charge is 0.369 e. The highest BCUT2D eigenvalue weighted by Crippen LogP contribution is 2.43. The number of hydrogen-bond donors (Lipinski definition) is 1. The smallest absolute Gasteiger partial charge is 0.161 e. The van der Waals surface area contributed by atoms with Crippen molar-refractivity contribution in [1.29, 1.82) is 0 Å². The van der Waals surface area contributed by atoms with E-state index in [1.807, 2.05) is 6.20 Å². The molecule has 1 aromatic carbocycles. The van der Waals surface area contributed by atoms with Crippen molar-refractivity contribution in [3.05, 3.63) is 39.6 Å². The second-order valence-electron chi connectivity index (χ2n) is 5.18. The lowest BCUT2D eigenvalue weighted by molar-refractivity contribution is 0.962. The molecule has 1 heterocycles. The lowest BCUT2D eigenvalue weighted by Gasteiger charge is -2.11. The van der Waals surface area contributed by atoms with Gasteiger partial charge in [0, 0.05) is 18.3 Å². The summed E-state index contributed by atoms with van der Waals surface area (Å²) in [4.78, 5) is 9.25. The molecule has 20 heavy (non-hydrogen) atoms. The monoisotopic (exact) mass is 379 g/mol. The van der Waals surface area contributed by atoms with Gasteiger partial charge in [-0.1, -0.05) is 31.2 Å². The molecule has 0 spiro atoms. The fourth-order valence-corrected chi connectivity index (χ4v) is 2.77. The minimum Gasteiger partial charge on any atom is -0.369 e. The molecule has 3 nitrogen and oxygen atoms in total. The SMILES string of the molecule is CCCNc1nc(-c2ccccc2C2CC2)ncc1I. The highest BCUT2D eigenvalue weighted by molar-refractivity contribution is 14.1. The first-order chi connectivity index (χ1) is 9.79. The second-order valence-corrected chi connectivity index (χ2v) is 6.34. The van der Waals surface area contributed by atoms with Crippen molar-refractivity contribution in [2.24, 2.45) is 0 Å². The molecule has 0 bridgehead atoms. The van der Waals surface area contributed by atoms with Gasteiger partial charge < -0.3 is 5.32 Å². The van der Waals surface area contributed by atoms with E-state index in [4.69, 9.17) is 4.98 Å². The molecule has 0 atom stereocenters. The fourth-order valence-electron chi connectivity index (χ4n) is 2.32. The van der Waals surface area contributed by atoms with Crippen LogP contribution in [0.2, 0.25) is 0 Å². The Balaban J connectivity index is 1.97. The molecule has 0 radical (unpaired) electrons. The van der Waals surface area contributed by atoms with Crippen LogP contribution in [0.15, 0.2) is 30.5 Å². The minimum absolute atomic E-state index is 0.709. The van der Waals surface area contributed by atoms with Crippen molar-refractivity contribution in [3.63, 3.8) is 0 Å². The molecule has 0 saturated heterocycles. The maximum Gasteiger partial charge on any atom is 0.161 e. The van der Waals surface area contributed by atoms with Gasteiger partial charge in [-0.15, -0.1) is 0 Å². The number of rotatable bonds is 5. The summed E-state index contributed by atoms with van der Waals surface area (Å²) in [5.41, 5.74) is 2.58.